The Morgan fingerprint density at radius 1 is 0.969 bits per heavy atom. The van der Waals surface area contributed by atoms with Crippen molar-refractivity contribution in [3.8, 4) is 11.1 Å². The fourth-order valence-electron chi connectivity index (χ4n) is 4.09. The van der Waals surface area contributed by atoms with Crippen molar-refractivity contribution in [3.63, 3.8) is 0 Å². The van der Waals surface area contributed by atoms with Crippen LogP contribution in [0.2, 0.25) is 0 Å². The summed E-state index contributed by atoms with van der Waals surface area (Å²) in [6, 6.07) is 14.7. The Kier molecular flexibility index (Phi) is 7.51. The van der Waals surface area contributed by atoms with E-state index in [-0.39, 0.29) is 24.9 Å². The van der Waals surface area contributed by atoms with Gasteiger partial charge in [-0.05, 0) is 35.1 Å². The molecule has 3 atom stereocenters. The third kappa shape index (κ3) is 5.28. The van der Waals surface area contributed by atoms with Crippen molar-refractivity contribution in [2.45, 2.75) is 51.6 Å². The highest BCUT2D eigenvalue weighted by Gasteiger charge is 2.29. The molecule has 2 aromatic carbocycles. The van der Waals surface area contributed by atoms with Gasteiger partial charge in [-0.15, -0.1) is 0 Å². The number of carbonyl (C=O) groups is 3. The number of aliphatic carboxylic acids is 1. The summed E-state index contributed by atoms with van der Waals surface area (Å²) in [7, 11) is 0. The molecule has 7 nitrogen and oxygen atoms in total. The van der Waals surface area contributed by atoms with E-state index in [1.54, 1.807) is 13.8 Å². The molecule has 1 aliphatic rings. The Bertz CT molecular complexity index is 944. The number of carboxylic acid groups (broad SMARTS) is 1. The smallest absolute Gasteiger partial charge is 0.407 e. The van der Waals surface area contributed by atoms with Gasteiger partial charge in [0.1, 0.15) is 12.6 Å². The van der Waals surface area contributed by atoms with E-state index in [1.165, 1.54) is 0 Å². The number of carboxylic acids is 1. The molecule has 3 rings (SSSR count). The first kappa shape index (κ1) is 23.3. The average Bonchev–Trinajstić information content (AvgIpc) is 3.09. The van der Waals surface area contributed by atoms with E-state index in [1.807, 2.05) is 43.3 Å². The second kappa shape index (κ2) is 10.3. The first-order chi connectivity index (χ1) is 15.3. The Morgan fingerprint density at radius 3 is 2.06 bits per heavy atom. The molecule has 0 bridgehead atoms. The van der Waals surface area contributed by atoms with Crippen LogP contribution in [0.25, 0.3) is 11.1 Å². The molecule has 2 amide bonds. The predicted molar refractivity (Wildman–Crippen MR) is 121 cm³/mol. The molecule has 0 radical (unpaired) electrons. The van der Waals surface area contributed by atoms with E-state index in [4.69, 9.17) is 4.74 Å². The molecule has 0 saturated carbocycles. The van der Waals surface area contributed by atoms with Crippen molar-refractivity contribution in [2.75, 3.05) is 6.61 Å². The Morgan fingerprint density at radius 2 is 1.53 bits per heavy atom. The molecule has 0 saturated heterocycles. The van der Waals surface area contributed by atoms with E-state index in [0.717, 1.165) is 22.3 Å². The van der Waals surface area contributed by atoms with E-state index < -0.39 is 30.1 Å². The first-order valence-electron chi connectivity index (χ1n) is 11.0. The highest BCUT2D eigenvalue weighted by Crippen LogP contribution is 2.44. The third-order valence-corrected chi connectivity index (χ3v) is 6.00. The Labute approximate surface area is 188 Å². The zero-order valence-corrected chi connectivity index (χ0v) is 18.6. The molecule has 170 valence electrons. The van der Waals surface area contributed by atoms with Gasteiger partial charge in [-0.3, -0.25) is 4.79 Å². The molecule has 2 aromatic rings. The number of hydrogen-bond acceptors (Lipinski definition) is 4. The van der Waals surface area contributed by atoms with Crippen LogP contribution in [0.4, 0.5) is 4.79 Å². The van der Waals surface area contributed by atoms with Gasteiger partial charge >= 0.3 is 12.1 Å². The zero-order chi connectivity index (χ0) is 23.3. The molecule has 1 aliphatic carbocycles. The summed E-state index contributed by atoms with van der Waals surface area (Å²) in [4.78, 5) is 36.0. The summed E-state index contributed by atoms with van der Waals surface area (Å²) in [5.41, 5.74) is 4.55. The number of rotatable bonds is 9. The topological polar surface area (TPSA) is 105 Å². The lowest BCUT2D eigenvalue weighted by molar-refractivity contribution is -0.143. The minimum atomic E-state index is -1.06. The van der Waals surface area contributed by atoms with Crippen LogP contribution >= 0.6 is 0 Å². The molecule has 0 spiro atoms. The van der Waals surface area contributed by atoms with Crippen molar-refractivity contribution in [1.82, 2.24) is 10.6 Å². The number of ether oxygens (including phenoxy) is 1. The number of alkyl carbamates (subject to hydrolysis) is 1. The van der Waals surface area contributed by atoms with Gasteiger partial charge in [-0.2, -0.15) is 0 Å². The number of fused-ring (bicyclic) bond motifs is 3. The van der Waals surface area contributed by atoms with Crippen LogP contribution in [0, 0.1) is 5.92 Å². The van der Waals surface area contributed by atoms with Crippen molar-refractivity contribution < 1.29 is 24.2 Å². The van der Waals surface area contributed by atoms with Crippen molar-refractivity contribution in [2.24, 2.45) is 5.92 Å². The quantitative estimate of drug-likeness (QED) is 0.550. The van der Waals surface area contributed by atoms with Crippen LogP contribution in [0.3, 0.4) is 0 Å². The number of nitrogens with one attached hydrogen (secondary N) is 2. The number of hydrogen-bond donors (Lipinski definition) is 3. The molecule has 0 aromatic heterocycles. The van der Waals surface area contributed by atoms with E-state index in [2.05, 4.69) is 22.8 Å². The minimum absolute atomic E-state index is 0.0373. The first-order valence-corrected chi connectivity index (χ1v) is 11.0. The highest BCUT2D eigenvalue weighted by atomic mass is 16.5. The molecule has 32 heavy (non-hydrogen) atoms. The lowest BCUT2D eigenvalue weighted by atomic mass is 9.98. The van der Waals surface area contributed by atoms with E-state index >= 15 is 0 Å². The number of amides is 2. The van der Waals surface area contributed by atoms with Gasteiger partial charge < -0.3 is 20.5 Å². The Hall–Kier alpha value is -3.35. The molecular formula is C25H30N2O5. The van der Waals surface area contributed by atoms with Crippen molar-refractivity contribution >= 4 is 18.0 Å². The molecule has 0 aliphatic heterocycles. The molecular weight excluding hydrogens is 408 g/mol. The normalized spacial score (nSPS) is 15.1. The van der Waals surface area contributed by atoms with Gasteiger partial charge in [0.15, 0.2) is 0 Å². The van der Waals surface area contributed by atoms with Crippen molar-refractivity contribution in [1.29, 1.82) is 0 Å². The SMILES string of the molecule is CCC(C)C(NC(=O)C[C@@H](C)NC(=O)OCC1c2ccccc2-c2ccccc21)C(=O)O. The zero-order valence-electron chi connectivity index (χ0n) is 18.6. The summed E-state index contributed by atoms with van der Waals surface area (Å²) in [6.07, 6.45) is -0.0151. The third-order valence-electron chi connectivity index (χ3n) is 6.00. The van der Waals surface area contributed by atoms with Crippen LogP contribution in [0.5, 0.6) is 0 Å². The molecule has 3 N–H and O–H groups in total. The lowest BCUT2D eigenvalue weighted by Gasteiger charge is -2.21. The summed E-state index contributed by atoms with van der Waals surface area (Å²) in [6.45, 7) is 5.51. The van der Waals surface area contributed by atoms with Crippen LogP contribution in [-0.4, -0.2) is 41.8 Å². The van der Waals surface area contributed by atoms with Gasteiger partial charge in [-0.1, -0.05) is 68.8 Å². The van der Waals surface area contributed by atoms with Gasteiger partial charge in [0.05, 0.1) is 0 Å². The molecule has 0 fully saturated rings. The van der Waals surface area contributed by atoms with Gasteiger partial charge in [0.2, 0.25) is 5.91 Å². The molecule has 7 heteroatoms. The van der Waals surface area contributed by atoms with Gasteiger partial charge in [0.25, 0.3) is 0 Å². The summed E-state index contributed by atoms with van der Waals surface area (Å²) >= 11 is 0. The monoisotopic (exact) mass is 438 g/mol. The maximum absolute atomic E-state index is 12.3. The average molecular weight is 439 g/mol. The highest BCUT2D eigenvalue weighted by molar-refractivity contribution is 5.84. The summed E-state index contributed by atoms with van der Waals surface area (Å²) in [5, 5.41) is 14.5. The van der Waals surface area contributed by atoms with Crippen LogP contribution in [0.15, 0.2) is 48.5 Å². The predicted octanol–water partition coefficient (Wildman–Crippen LogP) is 3.92. The largest absolute Gasteiger partial charge is 0.480 e. The maximum atomic E-state index is 12.3. The standard InChI is InChI=1S/C25H30N2O5/c1-4-15(2)23(24(29)30)27-22(28)13-16(3)26-25(31)32-14-21-19-11-7-5-9-17(19)18-10-6-8-12-20(18)21/h5-12,15-16,21,23H,4,13-14H2,1-3H3,(H,26,31)(H,27,28)(H,29,30)/t15?,16-,23?/m1/s1. The van der Waals surface area contributed by atoms with Crippen LogP contribution < -0.4 is 10.6 Å². The second-order valence-electron chi connectivity index (χ2n) is 8.34. The lowest BCUT2D eigenvalue weighted by Crippen LogP contribution is -2.47. The molecule has 0 heterocycles. The maximum Gasteiger partial charge on any atom is 0.407 e. The number of carbonyl (C=O) groups excluding carboxylic acids is 2. The Balaban J connectivity index is 1.53. The van der Waals surface area contributed by atoms with Crippen LogP contribution in [0.1, 0.15) is 50.7 Å². The van der Waals surface area contributed by atoms with Crippen LogP contribution in [-0.2, 0) is 14.3 Å². The molecule has 2 unspecified atom stereocenters. The van der Waals surface area contributed by atoms with E-state index in [9.17, 15) is 19.5 Å². The second-order valence-corrected chi connectivity index (χ2v) is 8.34. The minimum Gasteiger partial charge on any atom is -0.480 e. The van der Waals surface area contributed by atoms with Gasteiger partial charge in [0, 0.05) is 18.4 Å². The van der Waals surface area contributed by atoms with Gasteiger partial charge in [-0.25, -0.2) is 9.59 Å². The fraction of sp³-hybridized carbons (Fsp3) is 0.400. The van der Waals surface area contributed by atoms with E-state index in [0.29, 0.717) is 6.42 Å². The summed E-state index contributed by atoms with van der Waals surface area (Å²) in [5.74, 6) is -1.73. The van der Waals surface area contributed by atoms with Crippen molar-refractivity contribution in [3.05, 3.63) is 59.7 Å². The fourth-order valence-corrected chi connectivity index (χ4v) is 4.09. The summed E-state index contributed by atoms with van der Waals surface area (Å²) < 4.78 is 5.49. The number of benzene rings is 2.